The lowest BCUT2D eigenvalue weighted by atomic mass is 10.4. The summed E-state index contributed by atoms with van der Waals surface area (Å²) in [5.74, 6) is 0. The van der Waals surface area contributed by atoms with Gasteiger partial charge in [0.15, 0.2) is 0 Å². The monoisotopic (exact) mass is 285 g/mol. The van der Waals surface area contributed by atoms with Gasteiger partial charge >= 0.3 is 5.69 Å². The van der Waals surface area contributed by atoms with Crippen LogP contribution in [0.3, 0.4) is 0 Å². The Bertz CT molecular complexity index is 626. The Balaban J connectivity index is 2.46. The van der Waals surface area contributed by atoms with Crippen LogP contribution < -0.4 is 11.2 Å². The fourth-order valence-corrected chi connectivity index (χ4v) is 1.59. The highest BCUT2D eigenvalue weighted by Gasteiger charge is 2.07. The van der Waals surface area contributed by atoms with Crippen LogP contribution in [0, 0.1) is 0 Å². The molecule has 1 N–H and O–H groups in total. The molecular formula is C8H8BrN5O2. The SMILES string of the molecule is Cn1cc(Cn2c(=O)[nH]cc(Br)c2=O)nn1. The van der Waals surface area contributed by atoms with E-state index in [-0.39, 0.29) is 6.54 Å². The van der Waals surface area contributed by atoms with Crippen molar-refractivity contribution in [3.63, 3.8) is 0 Å². The Hall–Kier alpha value is -1.70. The normalized spacial score (nSPS) is 10.6. The van der Waals surface area contributed by atoms with Crippen molar-refractivity contribution in [3.8, 4) is 0 Å². The van der Waals surface area contributed by atoms with E-state index in [1.54, 1.807) is 13.2 Å². The molecule has 2 aromatic heterocycles. The van der Waals surface area contributed by atoms with Crippen molar-refractivity contribution in [2.75, 3.05) is 0 Å². The lowest BCUT2D eigenvalue weighted by Crippen LogP contribution is -2.35. The predicted molar refractivity (Wildman–Crippen MR) is 59.1 cm³/mol. The average molecular weight is 286 g/mol. The fourth-order valence-electron chi connectivity index (χ4n) is 1.26. The van der Waals surface area contributed by atoms with E-state index in [1.807, 2.05) is 0 Å². The largest absolute Gasteiger partial charge is 0.328 e. The smallest absolute Gasteiger partial charge is 0.313 e. The highest BCUT2D eigenvalue weighted by molar-refractivity contribution is 9.10. The van der Waals surface area contributed by atoms with Gasteiger partial charge in [0, 0.05) is 19.4 Å². The van der Waals surface area contributed by atoms with Gasteiger partial charge in [0.25, 0.3) is 5.56 Å². The maximum absolute atomic E-state index is 11.6. The number of halogens is 1. The summed E-state index contributed by atoms with van der Waals surface area (Å²) in [5.41, 5.74) is -0.318. The Morgan fingerprint density at radius 2 is 2.25 bits per heavy atom. The summed E-state index contributed by atoms with van der Waals surface area (Å²) in [5, 5.41) is 7.53. The van der Waals surface area contributed by atoms with E-state index in [0.29, 0.717) is 10.2 Å². The third-order valence-corrected chi connectivity index (χ3v) is 2.56. The number of rotatable bonds is 2. The minimum Gasteiger partial charge on any atom is -0.313 e. The number of hydrogen-bond acceptors (Lipinski definition) is 4. The lowest BCUT2D eigenvalue weighted by Gasteiger charge is -2.00. The molecule has 2 aromatic rings. The van der Waals surface area contributed by atoms with E-state index >= 15 is 0 Å². The van der Waals surface area contributed by atoms with Crippen molar-refractivity contribution in [2.24, 2.45) is 7.05 Å². The van der Waals surface area contributed by atoms with E-state index in [4.69, 9.17) is 0 Å². The molecule has 0 radical (unpaired) electrons. The summed E-state index contributed by atoms with van der Waals surface area (Å²) in [6.45, 7) is 0.0987. The summed E-state index contributed by atoms with van der Waals surface area (Å²) < 4.78 is 2.86. The molecule has 16 heavy (non-hydrogen) atoms. The van der Waals surface area contributed by atoms with Crippen LogP contribution in [0.1, 0.15) is 5.69 Å². The molecule has 0 saturated carbocycles. The Labute approximate surface area is 97.9 Å². The summed E-state index contributed by atoms with van der Waals surface area (Å²) in [7, 11) is 1.71. The molecule has 84 valence electrons. The molecule has 0 atom stereocenters. The van der Waals surface area contributed by atoms with Crippen molar-refractivity contribution in [3.05, 3.63) is 43.4 Å². The predicted octanol–water partition coefficient (Wildman–Crippen LogP) is -0.524. The van der Waals surface area contributed by atoms with E-state index < -0.39 is 11.2 Å². The van der Waals surface area contributed by atoms with Crippen LogP contribution in [-0.4, -0.2) is 24.5 Å². The molecule has 0 aliphatic heterocycles. The number of aromatic nitrogens is 5. The molecule has 0 aliphatic rings. The highest BCUT2D eigenvalue weighted by Crippen LogP contribution is 1.98. The molecule has 2 heterocycles. The van der Waals surface area contributed by atoms with Gasteiger partial charge in [-0.15, -0.1) is 5.10 Å². The molecule has 0 aliphatic carbocycles. The van der Waals surface area contributed by atoms with E-state index in [2.05, 4.69) is 31.2 Å². The standard InChI is InChI=1S/C8H8BrN5O2/c1-13-3-5(11-12-13)4-14-7(15)6(9)2-10-8(14)16/h2-3H,4H2,1H3,(H,10,16). The van der Waals surface area contributed by atoms with Gasteiger partial charge in [-0.3, -0.25) is 14.0 Å². The van der Waals surface area contributed by atoms with Crippen LogP contribution in [0.2, 0.25) is 0 Å². The number of nitrogens with zero attached hydrogens (tertiary/aromatic N) is 4. The topological polar surface area (TPSA) is 85.6 Å². The molecule has 0 bridgehead atoms. The van der Waals surface area contributed by atoms with Crippen LogP contribution in [0.15, 0.2) is 26.5 Å². The van der Waals surface area contributed by atoms with Crippen molar-refractivity contribution in [1.82, 2.24) is 24.5 Å². The minimum absolute atomic E-state index is 0.0987. The van der Waals surface area contributed by atoms with Crippen LogP contribution >= 0.6 is 15.9 Å². The molecule has 0 saturated heterocycles. The van der Waals surface area contributed by atoms with Crippen LogP contribution in [0.25, 0.3) is 0 Å². The van der Waals surface area contributed by atoms with Gasteiger partial charge in [0.05, 0.1) is 11.0 Å². The van der Waals surface area contributed by atoms with Crippen molar-refractivity contribution in [1.29, 1.82) is 0 Å². The van der Waals surface area contributed by atoms with Gasteiger partial charge < -0.3 is 4.98 Å². The zero-order chi connectivity index (χ0) is 11.7. The second-order valence-electron chi connectivity index (χ2n) is 3.22. The van der Waals surface area contributed by atoms with E-state index in [9.17, 15) is 9.59 Å². The summed E-state index contributed by atoms with van der Waals surface area (Å²) in [4.78, 5) is 25.5. The molecule has 8 heteroatoms. The van der Waals surface area contributed by atoms with Crippen molar-refractivity contribution >= 4 is 15.9 Å². The average Bonchev–Trinajstić information content (AvgIpc) is 2.65. The van der Waals surface area contributed by atoms with Gasteiger partial charge in [-0.25, -0.2) is 4.79 Å². The van der Waals surface area contributed by atoms with Crippen LogP contribution in [-0.2, 0) is 13.6 Å². The number of aryl methyl sites for hydroxylation is 1. The first-order valence-electron chi connectivity index (χ1n) is 4.41. The zero-order valence-electron chi connectivity index (χ0n) is 8.35. The quantitative estimate of drug-likeness (QED) is 0.804. The maximum atomic E-state index is 11.6. The molecule has 0 aromatic carbocycles. The summed E-state index contributed by atoms with van der Waals surface area (Å²) in [6.07, 6.45) is 2.96. The Morgan fingerprint density at radius 3 is 2.88 bits per heavy atom. The first-order chi connectivity index (χ1) is 7.58. The second-order valence-corrected chi connectivity index (χ2v) is 4.07. The molecule has 0 spiro atoms. The summed E-state index contributed by atoms with van der Waals surface area (Å²) in [6, 6.07) is 0. The Morgan fingerprint density at radius 1 is 1.50 bits per heavy atom. The second kappa shape index (κ2) is 4.05. The fraction of sp³-hybridized carbons (Fsp3) is 0.250. The van der Waals surface area contributed by atoms with Gasteiger partial charge in [-0.05, 0) is 15.9 Å². The first-order valence-corrected chi connectivity index (χ1v) is 5.20. The van der Waals surface area contributed by atoms with Gasteiger partial charge in [0.1, 0.15) is 5.69 Å². The Kier molecular flexibility index (Phi) is 2.73. The zero-order valence-corrected chi connectivity index (χ0v) is 9.93. The van der Waals surface area contributed by atoms with Gasteiger partial charge in [0.2, 0.25) is 0 Å². The number of nitrogens with one attached hydrogen (secondary N) is 1. The van der Waals surface area contributed by atoms with Gasteiger partial charge in [-0.2, -0.15) is 0 Å². The summed E-state index contributed by atoms with van der Waals surface area (Å²) >= 11 is 3.05. The third kappa shape index (κ3) is 1.96. The van der Waals surface area contributed by atoms with E-state index in [1.165, 1.54) is 10.9 Å². The molecule has 7 nitrogen and oxygen atoms in total. The third-order valence-electron chi connectivity index (χ3n) is 1.99. The number of aromatic amines is 1. The highest BCUT2D eigenvalue weighted by atomic mass is 79.9. The van der Waals surface area contributed by atoms with E-state index in [0.717, 1.165) is 4.57 Å². The number of H-pyrrole nitrogens is 1. The molecule has 0 amide bonds. The van der Waals surface area contributed by atoms with Gasteiger partial charge in [-0.1, -0.05) is 5.21 Å². The lowest BCUT2D eigenvalue weighted by molar-refractivity contribution is 0.674. The molecule has 0 unspecified atom stereocenters. The van der Waals surface area contributed by atoms with Crippen molar-refractivity contribution < 1.29 is 0 Å². The minimum atomic E-state index is -0.473. The molecular weight excluding hydrogens is 278 g/mol. The van der Waals surface area contributed by atoms with Crippen molar-refractivity contribution in [2.45, 2.75) is 6.54 Å². The number of hydrogen-bond donors (Lipinski definition) is 1. The first kappa shape index (κ1) is 10.8. The molecule has 2 rings (SSSR count). The van der Waals surface area contributed by atoms with Crippen LogP contribution in [0.4, 0.5) is 0 Å². The van der Waals surface area contributed by atoms with Crippen LogP contribution in [0.5, 0.6) is 0 Å². The molecule has 0 fully saturated rings. The maximum Gasteiger partial charge on any atom is 0.328 e.